The van der Waals surface area contributed by atoms with Gasteiger partial charge in [-0.05, 0) is 30.3 Å². The maximum Gasteiger partial charge on any atom is 0.312 e. The number of phenols is 2. The van der Waals surface area contributed by atoms with Gasteiger partial charge in [-0.25, -0.2) is 0 Å². The Labute approximate surface area is 207 Å². The summed E-state index contributed by atoms with van der Waals surface area (Å²) in [4.78, 5) is 39.1. The molecule has 2 N–H and O–H groups in total. The van der Waals surface area contributed by atoms with Crippen molar-refractivity contribution in [2.75, 3.05) is 7.11 Å². The fourth-order valence-electron chi connectivity index (χ4n) is 4.74. The Morgan fingerprint density at radius 3 is 2.57 bits per heavy atom. The summed E-state index contributed by atoms with van der Waals surface area (Å²) < 4.78 is 22.3. The van der Waals surface area contributed by atoms with Gasteiger partial charge in [-0.3, -0.25) is 14.4 Å². The Balaban J connectivity index is 1.64. The lowest BCUT2D eigenvalue weighted by Crippen LogP contribution is -2.25. The number of carbonyl (C=O) groups is 1. The third-order valence-corrected chi connectivity index (χ3v) is 6.47. The van der Waals surface area contributed by atoms with Crippen molar-refractivity contribution in [2.45, 2.75) is 12.3 Å². The fourth-order valence-corrected chi connectivity index (χ4v) is 4.74. The van der Waals surface area contributed by atoms with Crippen LogP contribution in [0.5, 0.6) is 23.0 Å². The quantitative estimate of drug-likeness (QED) is 0.273. The van der Waals surface area contributed by atoms with Crippen molar-refractivity contribution in [3.05, 3.63) is 92.4 Å². The van der Waals surface area contributed by atoms with Gasteiger partial charge in [-0.1, -0.05) is 12.1 Å². The minimum atomic E-state index is -0.872. The molecule has 2 aromatic heterocycles. The normalized spacial score (nSPS) is 14.9. The molecule has 0 aliphatic carbocycles. The van der Waals surface area contributed by atoms with Gasteiger partial charge in [-0.2, -0.15) is 0 Å². The molecule has 9 heteroatoms. The molecule has 184 valence electrons. The van der Waals surface area contributed by atoms with Crippen molar-refractivity contribution in [1.29, 1.82) is 0 Å². The molecule has 1 aliphatic heterocycles. The van der Waals surface area contributed by atoms with Crippen LogP contribution in [-0.4, -0.2) is 23.3 Å². The van der Waals surface area contributed by atoms with Gasteiger partial charge >= 0.3 is 5.97 Å². The van der Waals surface area contributed by atoms with Gasteiger partial charge in [0.1, 0.15) is 33.8 Å². The van der Waals surface area contributed by atoms with Crippen molar-refractivity contribution in [2.24, 2.45) is 0 Å². The summed E-state index contributed by atoms with van der Waals surface area (Å²) in [5, 5.41) is 21.1. The zero-order valence-corrected chi connectivity index (χ0v) is 19.3. The Bertz CT molecular complexity index is 1860. The molecule has 0 bridgehead atoms. The highest BCUT2D eigenvalue weighted by Gasteiger charge is 2.35. The highest BCUT2D eigenvalue weighted by Crippen LogP contribution is 2.45. The van der Waals surface area contributed by atoms with E-state index in [0.717, 1.165) is 0 Å². The molecule has 1 unspecified atom stereocenters. The molecule has 6 rings (SSSR count). The lowest BCUT2D eigenvalue weighted by molar-refractivity contribution is -0.135. The van der Waals surface area contributed by atoms with Gasteiger partial charge < -0.3 is 28.5 Å². The number of fused-ring (bicyclic) bond motifs is 4. The molecule has 1 atom stereocenters. The summed E-state index contributed by atoms with van der Waals surface area (Å²) in [6.07, 6.45) is 1.08. The van der Waals surface area contributed by atoms with Crippen LogP contribution in [0.15, 0.2) is 79.3 Å². The summed E-state index contributed by atoms with van der Waals surface area (Å²) in [5.41, 5.74) is 0.242. The predicted octanol–water partition coefficient (Wildman–Crippen LogP) is 4.43. The molecule has 5 aromatic rings. The topological polar surface area (TPSA) is 136 Å². The lowest BCUT2D eigenvalue weighted by Gasteiger charge is -2.25. The van der Waals surface area contributed by atoms with Gasteiger partial charge in [0.25, 0.3) is 0 Å². The number of methoxy groups -OCH3 is 1. The largest absolute Gasteiger partial charge is 0.507 e. The van der Waals surface area contributed by atoms with E-state index in [1.54, 1.807) is 30.3 Å². The van der Waals surface area contributed by atoms with Gasteiger partial charge in [0.15, 0.2) is 22.4 Å². The summed E-state index contributed by atoms with van der Waals surface area (Å²) in [6, 6.07) is 13.5. The van der Waals surface area contributed by atoms with Crippen molar-refractivity contribution in [1.82, 2.24) is 0 Å². The van der Waals surface area contributed by atoms with E-state index in [1.807, 2.05) is 0 Å². The average molecular weight is 498 g/mol. The van der Waals surface area contributed by atoms with E-state index >= 15 is 0 Å². The molecule has 3 heterocycles. The summed E-state index contributed by atoms with van der Waals surface area (Å²) in [7, 11) is 1.41. The second-order valence-electron chi connectivity index (χ2n) is 8.62. The minimum absolute atomic E-state index is 0.0308. The molecule has 9 nitrogen and oxygen atoms in total. The second kappa shape index (κ2) is 8.27. The van der Waals surface area contributed by atoms with Crippen LogP contribution >= 0.6 is 0 Å². The van der Waals surface area contributed by atoms with Crippen LogP contribution in [0.2, 0.25) is 0 Å². The van der Waals surface area contributed by atoms with Crippen LogP contribution in [0, 0.1) is 0 Å². The van der Waals surface area contributed by atoms with Gasteiger partial charge in [0, 0.05) is 34.7 Å². The number of hydrogen-bond acceptors (Lipinski definition) is 9. The van der Waals surface area contributed by atoms with Gasteiger partial charge in [0.2, 0.25) is 0 Å². The monoisotopic (exact) mass is 498 g/mol. The first-order valence-electron chi connectivity index (χ1n) is 11.3. The summed E-state index contributed by atoms with van der Waals surface area (Å²) in [6.45, 7) is 0. The van der Waals surface area contributed by atoms with E-state index in [9.17, 15) is 24.6 Å². The third kappa shape index (κ3) is 3.51. The average Bonchev–Trinajstić information content (AvgIpc) is 2.88. The SMILES string of the molecule is COc1ccc(-c2cc(=O)c3c(O)cc4c(c3o2)C(c2coc3ccccc3c2=O)CC(=O)O4)cc1O. The Morgan fingerprint density at radius 1 is 0.973 bits per heavy atom. The highest BCUT2D eigenvalue weighted by atomic mass is 16.5. The number of ether oxygens (including phenoxy) is 2. The standard InChI is InChI=1S/C28H18O9/c1-34-21-7-6-13(8-17(21)29)22-10-18(30)26-19(31)11-23-25(28(26)37-22)15(9-24(32)36-23)16-12-35-20-5-3-2-4-14(20)27(16)33/h2-8,10-12,15,29,31H,9H2,1H3. The predicted molar refractivity (Wildman–Crippen MR) is 132 cm³/mol. The van der Waals surface area contributed by atoms with Crippen LogP contribution in [-0.2, 0) is 4.79 Å². The molecule has 37 heavy (non-hydrogen) atoms. The molecule has 0 saturated heterocycles. The van der Waals surface area contributed by atoms with Gasteiger partial charge in [-0.15, -0.1) is 0 Å². The maximum atomic E-state index is 13.4. The Morgan fingerprint density at radius 2 is 1.78 bits per heavy atom. The zero-order valence-electron chi connectivity index (χ0n) is 19.3. The number of hydrogen-bond donors (Lipinski definition) is 2. The van der Waals surface area contributed by atoms with Crippen LogP contribution in [0.4, 0.5) is 0 Å². The number of aromatic hydroxyl groups is 2. The Kier molecular flexibility index (Phi) is 5.01. The molecular weight excluding hydrogens is 480 g/mol. The van der Waals surface area contributed by atoms with Crippen LogP contribution < -0.4 is 20.3 Å². The number of esters is 1. The summed E-state index contributed by atoms with van der Waals surface area (Å²) >= 11 is 0. The highest BCUT2D eigenvalue weighted by molar-refractivity contribution is 5.93. The van der Waals surface area contributed by atoms with Crippen LogP contribution in [0.3, 0.4) is 0 Å². The molecule has 0 fully saturated rings. The molecule has 1 aliphatic rings. The van der Waals surface area contributed by atoms with E-state index < -0.39 is 23.1 Å². The van der Waals surface area contributed by atoms with E-state index in [4.69, 9.17) is 18.3 Å². The first-order valence-corrected chi connectivity index (χ1v) is 11.3. The van der Waals surface area contributed by atoms with E-state index in [2.05, 4.69) is 0 Å². The lowest BCUT2D eigenvalue weighted by atomic mass is 9.85. The van der Waals surface area contributed by atoms with Crippen LogP contribution in [0.25, 0.3) is 33.3 Å². The van der Waals surface area contributed by atoms with Crippen molar-refractivity contribution < 1.29 is 33.3 Å². The molecular formula is C28H18O9. The summed E-state index contributed by atoms with van der Waals surface area (Å²) in [5.74, 6) is -1.81. The molecule has 0 saturated carbocycles. The first-order chi connectivity index (χ1) is 17.9. The smallest absolute Gasteiger partial charge is 0.312 e. The first kappa shape index (κ1) is 22.4. The second-order valence-corrected chi connectivity index (χ2v) is 8.62. The van der Waals surface area contributed by atoms with Crippen LogP contribution in [0.1, 0.15) is 23.5 Å². The number of rotatable bonds is 3. The van der Waals surface area contributed by atoms with E-state index in [0.29, 0.717) is 16.5 Å². The molecule has 0 spiro atoms. The zero-order chi connectivity index (χ0) is 25.8. The van der Waals surface area contributed by atoms with E-state index in [-0.39, 0.29) is 57.0 Å². The fraction of sp³-hybridized carbons (Fsp3) is 0.107. The third-order valence-electron chi connectivity index (χ3n) is 6.47. The van der Waals surface area contributed by atoms with Crippen molar-refractivity contribution >= 4 is 27.9 Å². The number of phenolic OH excluding ortho intramolecular Hbond substituents is 2. The molecule has 0 amide bonds. The number of para-hydroxylation sites is 1. The number of carbonyl (C=O) groups excluding carboxylic acids is 1. The van der Waals surface area contributed by atoms with Crippen molar-refractivity contribution in [3.8, 4) is 34.3 Å². The minimum Gasteiger partial charge on any atom is -0.507 e. The number of benzene rings is 3. The van der Waals surface area contributed by atoms with Crippen molar-refractivity contribution in [3.63, 3.8) is 0 Å². The van der Waals surface area contributed by atoms with E-state index in [1.165, 1.54) is 37.6 Å². The maximum absolute atomic E-state index is 13.4. The molecule has 3 aromatic carbocycles. The Hall–Kier alpha value is -5.05. The van der Waals surface area contributed by atoms with Gasteiger partial charge in [0.05, 0.1) is 25.2 Å². The molecule has 0 radical (unpaired) electrons.